The van der Waals surface area contributed by atoms with E-state index in [0.29, 0.717) is 25.0 Å². The molecule has 12 heavy (non-hydrogen) atoms. The average molecular weight is 172 g/mol. The zero-order valence-electron chi connectivity index (χ0n) is 6.95. The first-order chi connectivity index (χ1) is 5.86. The van der Waals surface area contributed by atoms with Crippen molar-refractivity contribution >= 4 is 0 Å². The molecule has 1 heterocycles. The lowest BCUT2D eigenvalue weighted by Gasteiger charge is -1.97. The standard InChI is InChI=1S/C7H12N2O3/c1-10-6-5-7(12-9-6)11-4-2-3-8/h5H,2-4,8H2,1H3. The van der Waals surface area contributed by atoms with Crippen molar-refractivity contribution < 1.29 is 14.0 Å². The second-order valence-electron chi connectivity index (χ2n) is 2.18. The molecule has 5 heteroatoms. The molecule has 0 saturated heterocycles. The van der Waals surface area contributed by atoms with Crippen molar-refractivity contribution in [3.8, 4) is 11.8 Å². The molecule has 0 amide bonds. The summed E-state index contributed by atoms with van der Waals surface area (Å²) >= 11 is 0. The summed E-state index contributed by atoms with van der Waals surface area (Å²) in [6, 6.07) is 1.58. The fourth-order valence-corrected chi connectivity index (χ4v) is 0.664. The summed E-state index contributed by atoms with van der Waals surface area (Å²) in [5, 5.41) is 3.56. The maximum atomic E-state index is 5.27. The van der Waals surface area contributed by atoms with Crippen LogP contribution in [0.2, 0.25) is 0 Å². The van der Waals surface area contributed by atoms with Crippen LogP contribution < -0.4 is 15.2 Å². The van der Waals surface area contributed by atoms with Gasteiger partial charge in [-0.3, -0.25) is 0 Å². The molecule has 2 N–H and O–H groups in total. The number of hydrogen-bond acceptors (Lipinski definition) is 5. The van der Waals surface area contributed by atoms with Crippen molar-refractivity contribution in [2.45, 2.75) is 6.42 Å². The average Bonchev–Trinajstić information content (AvgIpc) is 2.53. The quantitative estimate of drug-likeness (QED) is 0.651. The van der Waals surface area contributed by atoms with Crippen LogP contribution in [-0.4, -0.2) is 25.4 Å². The molecule has 0 radical (unpaired) electrons. The third kappa shape index (κ3) is 2.43. The predicted octanol–water partition coefficient (Wildman–Crippen LogP) is 0.411. The number of rotatable bonds is 5. The van der Waals surface area contributed by atoms with Crippen LogP contribution in [-0.2, 0) is 0 Å². The minimum Gasteiger partial charge on any atom is -0.479 e. The molecule has 68 valence electrons. The number of ether oxygens (including phenoxy) is 2. The highest BCUT2D eigenvalue weighted by Crippen LogP contribution is 2.17. The van der Waals surface area contributed by atoms with Crippen LogP contribution in [0.4, 0.5) is 0 Å². The summed E-state index contributed by atoms with van der Waals surface area (Å²) in [6.45, 7) is 1.14. The summed E-state index contributed by atoms with van der Waals surface area (Å²) in [5.74, 6) is 0.776. The molecule has 0 aliphatic rings. The first-order valence-corrected chi connectivity index (χ1v) is 3.70. The van der Waals surface area contributed by atoms with E-state index in [1.165, 1.54) is 7.11 Å². The van der Waals surface area contributed by atoms with Crippen molar-refractivity contribution in [3.63, 3.8) is 0 Å². The lowest BCUT2D eigenvalue weighted by atomic mass is 10.5. The van der Waals surface area contributed by atoms with Gasteiger partial charge in [0.1, 0.15) is 0 Å². The third-order valence-corrected chi connectivity index (χ3v) is 1.27. The molecule has 1 aromatic heterocycles. The van der Waals surface area contributed by atoms with E-state index in [2.05, 4.69) is 5.16 Å². The van der Waals surface area contributed by atoms with E-state index in [-0.39, 0.29) is 0 Å². The van der Waals surface area contributed by atoms with Crippen molar-refractivity contribution in [1.82, 2.24) is 5.16 Å². The summed E-state index contributed by atoms with van der Waals surface area (Å²) in [7, 11) is 1.52. The van der Waals surface area contributed by atoms with E-state index < -0.39 is 0 Å². The van der Waals surface area contributed by atoms with Crippen LogP contribution in [0.3, 0.4) is 0 Å². The van der Waals surface area contributed by atoms with Gasteiger partial charge in [0.25, 0.3) is 5.88 Å². The molecule has 0 aliphatic carbocycles. The largest absolute Gasteiger partial charge is 0.479 e. The zero-order chi connectivity index (χ0) is 8.81. The molecule has 0 saturated carbocycles. The van der Waals surface area contributed by atoms with Crippen LogP contribution in [0.15, 0.2) is 10.6 Å². The first-order valence-electron chi connectivity index (χ1n) is 3.70. The minimum absolute atomic E-state index is 0.361. The van der Waals surface area contributed by atoms with Gasteiger partial charge < -0.3 is 19.7 Å². The highest BCUT2D eigenvalue weighted by Gasteiger charge is 2.03. The van der Waals surface area contributed by atoms with E-state index in [4.69, 9.17) is 19.7 Å². The fraction of sp³-hybridized carbons (Fsp3) is 0.571. The van der Waals surface area contributed by atoms with Gasteiger partial charge in [-0.25, -0.2) is 0 Å². The summed E-state index contributed by atoms with van der Waals surface area (Å²) in [4.78, 5) is 0. The number of aromatic nitrogens is 1. The molecule has 1 aromatic rings. The van der Waals surface area contributed by atoms with Crippen LogP contribution in [0.25, 0.3) is 0 Å². The van der Waals surface area contributed by atoms with Crippen molar-refractivity contribution in [1.29, 1.82) is 0 Å². The third-order valence-electron chi connectivity index (χ3n) is 1.27. The molecular weight excluding hydrogens is 160 g/mol. The van der Waals surface area contributed by atoms with Crippen molar-refractivity contribution in [2.75, 3.05) is 20.3 Å². The van der Waals surface area contributed by atoms with Crippen molar-refractivity contribution in [2.24, 2.45) is 5.73 Å². The smallest absolute Gasteiger partial charge is 0.315 e. The van der Waals surface area contributed by atoms with Crippen LogP contribution in [0.5, 0.6) is 11.8 Å². The monoisotopic (exact) mass is 172 g/mol. The Morgan fingerprint density at radius 1 is 1.67 bits per heavy atom. The van der Waals surface area contributed by atoms with Gasteiger partial charge in [0.2, 0.25) is 0 Å². The van der Waals surface area contributed by atoms with Gasteiger partial charge in [0, 0.05) is 0 Å². The SMILES string of the molecule is COc1cc(OCCCN)on1. The van der Waals surface area contributed by atoms with Gasteiger partial charge in [-0.15, -0.1) is 0 Å². The first kappa shape index (κ1) is 8.86. The maximum Gasteiger partial charge on any atom is 0.315 e. The number of nitrogens with two attached hydrogens (primary N) is 1. The van der Waals surface area contributed by atoms with E-state index in [1.807, 2.05) is 0 Å². The lowest BCUT2D eigenvalue weighted by molar-refractivity contribution is 0.209. The summed E-state index contributed by atoms with van der Waals surface area (Å²) in [5.41, 5.74) is 5.27. The number of nitrogens with zero attached hydrogens (tertiary/aromatic N) is 1. The maximum absolute atomic E-state index is 5.27. The second kappa shape index (κ2) is 4.61. The van der Waals surface area contributed by atoms with E-state index in [0.717, 1.165) is 6.42 Å². The van der Waals surface area contributed by atoms with Gasteiger partial charge in [-0.05, 0) is 18.1 Å². The molecule has 1 rings (SSSR count). The molecule has 0 spiro atoms. The molecule has 0 atom stereocenters. The van der Waals surface area contributed by atoms with Gasteiger partial charge in [-0.2, -0.15) is 0 Å². The second-order valence-corrected chi connectivity index (χ2v) is 2.18. The summed E-state index contributed by atoms with van der Waals surface area (Å²) < 4.78 is 14.7. The highest BCUT2D eigenvalue weighted by molar-refractivity contribution is 5.14. The highest BCUT2D eigenvalue weighted by atomic mass is 16.6. The lowest BCUT2D eigenvalue weighted by Crippen LogP contribution is -2.05. The van der Waals surface area contributed by atoms with E-state index in [9.17, 15) is 0 Å². The van der Waals surface area contributed by atoms with E-state index in [1.54, 1.807) is 6.07 Å². The predicted molar refractivity (Wildman–Crippen MR) is 42.2 cm³/mol. The van der Waals surface area contributed by atoms with Gasteiger partial charge in [0.15, 0.2) is 0 Å². The van der Waals surface area contributed by atoms with Crippen molar-refractivity contribution in [3.05, 3.63) is 6.07 Å². The number of hydrogen-bond donors (Lipinski definition) is 1. The normalized spacial score (nSPS) is 9.83. The Bertz CT molecular complexity index is 224. The Kier molecular flexibility index (Phi) is 3.40. The van der Waals surface area contributed by atoms with Gasteiger partial charge >= 0.3 is 5.95 Å². The Hall–Kier alpha value is -1.23. The van der Waals surface area contributed by atoms with E-state index >= 15 is 0 Å². The molecular formula is C7H12N2O3. The van der Waals surface area contributed by atoms with Crippen LogP contribution in [0, 0.1) is 0 Å². The van der Waals surface area contributed by atoms with Gasteiger partial charge in [0.05, 0.1) is 19.8 Å². The topological polar surface area (TPSA) is 70.5 Å². The zero-order valence-corrected chi connectivity index (χ0v) is 6.95. The Morgan fingerprint density at radius 2 is 2.50 bits per heavy atom. The van der Waals surface area contributed by atoms with Gasteiger partial charge in [-0.1, -0.05) is 0 Å². The molecule has 0 aromatic carbocycles. The minimum atomic E-state index is 0.361. The molecule has 0 bridgehead atoms. The Morgan fingerprint density at radius 3 is 3.08 bits per heavy atom. The molecule has 0 fully saturated rings. The molecule has 0 aliphatic heterocycles. The summed E-state index contributed by atoms with van der Waals surface area (Å²) in [6.07, 6.45) is 0.795. The number of methoxy groups -OCH3 is 1. The van der Waals surface area contributed by atoms with Crippen LogP contribution >= 0.6 is 0 Å². The fourth-order valence-electron chi connectivity index (χ4n) is 0.664. The van der Waals surface area contributed by atoms with Crippen LogP contribution in [0.1, 0.15) is 6.42 Å². The molecule has 0 unspecified atom stereocenters. The Balaban J connectivity index is 2.31. The Labute approximate surface area is 70.4 Å². The molecule has 5 nitrogen and oxygen atoms in total.